The molecule has 0 aliphatic rings. The summed E-state index contributed by atoms with van der Waals surface area (Å²) in [5, 5.41) is 24.8. The summed E-state index contributed by atoms with van der Waals surface area (Å²) in [5.41, 5.74) is 30.5. The molecule has 3 atom stereocenters. The molecule has 13 heteroatoms. The van der Waals surface area contributed by atoms with Gasteiger partial charge in [0.2, 0.25) is 5.91 Å². The van der Waals surface area contributed by atoms with Crippen molar-refractivity contribution in [2.45, 2.75) is 63.1 Å². The molecule has 0 radical (unpaired) electrons. The average molecular weight is 424 g/mol. The number of hydrogen-bond donors (Lipinski definition) is 9. The Labute approximate surface area is 169 Å². The van der Waals surface area contributed by atoms with Gasteiger partial charge in [0.05, 0.1) is 0 Å². The van der Waals surface area contributed by atoms with E-state index in [-0.39, 0.29) is 12.8 Å². The lowest BCUT2D eigenvalue weighted by Gasteiger charge is -2.03. The van der Waals surface area contributed by atoms with Gasteiger partial charge < -0.3 is 49.7 Å². The largest absolute Gasteiger partial charge is 0.480 e. The number of primary amides is 1. The zero-order valence-corrected chi connectivity index (χ0v) is 16.5. The first-order chi connectivity index (χ1) is 13.4. The molecule has 0 unspecified atom stereocenters. The highest BCUT2D eigenvalue weighted by Gasteiger charge is 2.11. The molecule has 0 heterocycles. The minimum atomic E-state index is -1.11. The third kappa shape index (κ3) is 25.7. The topological polar surface area (TPSA) is 285 Å². The Bertz CT molecular complexity index is 479. The highest BCUT2D eigenvalue weighted by molar-refractivity contribution is 5.77. The molecular formula is C16H36N6O7. The zero-order chi connectivity index (χ0) is 23.4. The molecule has 172 valence electrons. The van der Waals surface area contributed by atoms with Crippen LogP contribution in [0.5, 0.6) is 0 Å². The highest BCUT2D eigenvalue weighted by Crippen LogP contribution is 1.97. The summed E-state index contributed by atoms with van der Waals surface area (Å²) < 4.78 is 0. The molecule has 0 aliphatic heterocycles. The van der Waals surface area contributed by atoms with Gasteiger partial charge in [-0.2, -0.15) is 0 Å². The van der Waals surface area contributed by atoms with Gasteiger partial charge in [-0.1, -0.05) is 6.42 Å². The first kappa shape index (κ1) is 31.4. The quantitative estimate of drug-likeness (QED) is 0.137. The molecule has 0 saturated heterocycles. The van der Waals surface area contributed by atoms with Crippen molar-refractivity contribution in [2.24, 2.45) is 34.4 Å². The van der Waals surface area contributed by atoms with Crippen molar-refractivity contribution in [1.29, 1.82) is 0 Å². The van der Waals surface area contributed by atoms with E-state index in [1.807, 2.05) is 0 Å². The lowest BCUT2D eigenvalue weighted by Crippen LogP contribution is -2.31. The van der Waals surface area contributed by atoms with Crippen LogP contribution in [0.25, 0.3) is 0 Å². The zero-order valence-electron chi connectivity index (χ0n) is 16.5. The molecular weight excluding hydrogens is 388 g/mol. The van der Waals surface area contributed by atoms with Gasteiger partial charge in [0.1, 0.15) is 18.1 Å². The second-order valence-corrected chi connectivity index (χ2v) is 6.05. The van der Waals surface area contributed by atoms with Crippen LogP contribution in [0.3, 0.4) is 0 Å². The Morgan fingerprint density at radius 1 is 0.621 bits per heavy atom. The summed E-state index contributed by atoms with van der Waals surface area (Å²) in [7, 11) is 0. The van der Waals surface area contributed by atoms with Gasteiger partial charge in [-0.15, -0.1) is 0 Å². The Morgan fingerprint density at radius 3 is 1.28 bits per heavy atom. The van der Waals surface area contributed by atoms with E-state index >= 15 is 0 Å². The molecule has 0 aromatic rings. The van der Waals surface area contributed by atoms with Crippen molar-refractivity contribution in [3.8, 4) is 0 Å². The summed E-state index contributed by atoms with van der Waals surface area (Å²) in [5.74, 6) is -3.53. The first-order valence-corrected chi connectivity index (χ1v) is 9.04. The van der Waals surface area contributed by atoms with Crippen molar-refractivity contribution in [3.05, 3.63) is 0 Å². The van der Waals surface area contributed by atoms with Gasteiger partial charge in [0, 0.05) is 6.42 Å². The molecule has 15 N–H and O–H groups in total. The molecule has 1 amide bonds. The van der Waals surface area contributed by atoms with E-state index in [1.54, 1.807) is 0 Å². The van der Waals surface area contributed by atoms with Gasteiger partial charge in [0.25, 0.3) is 0 Å². The molecule has 0 aromatic heterocycles. The predicted octanol–water partition coefficient (Wildman–Crippen LogP) is -2.67. The minimum absolute atomic E-state index is 0.0213. The number of carboxylic acid groups (broad SMARTS) is 3. The number of nitrogens with two attached hydrogens (primary N) is 6. The molecule has 13 nitrogen and oxygen atoms in total. The van der Waals surface area contributed by atoms with Crippen molar-refractivity contribution in [3.63, 3.8) is 0 Å². The van der Waals surface area contributed by atoms with Crippen LogP contribution in [0.15, 0.2) is 0 Å². The third-order valence-corrected chi connectivity index (χ3v) is 3.34. The van der Waals surface area contributed by atoms with Gasteiger partial charge in [-0.25, -0.2) is 0 Å². The number of aliphatic carboxylic acids is 3. The minimum Gasteiger partial charge on any atom is -0.480 e. The fourth-order valence-corrected chi connectivity index (χ4v) is 1.51. The second kappa shape index (κ2) is 20.4. The smallest absolute Gasteiger partial charge is 0.320 e. The summed E-state index contributed by atoms with van der Waals surface area (Å²) in [6, 6.07) is -2.44. The lowest BCUT2D eigenvalue weighted by molar-refractivity contribution is -0.139. The highest BCUT2D eigenvalue weighted by atomic mass is 16.4. The maximum atomic E-state index is 10.1. The van der Waals surface area contributed by atoms with E-state index in [0.717, 1.165) is 12.8 Å². The summed E-state index contributed by atoms with van der Waals surface area (Å²) in [6.45, 7) is 1.10. The fourth-order valence-electron chi connectivity index (χ4n) is 1.51. The van der Waals surface area contributed by atoms with Gasteiger partial charge in [-0.05, 0) is 45.2 Å². The van der Waals surface area contributed by atoms with E-state index in [4.69, 9.17) is 49.7 Å². The van der Waals surface area contributed by atoms with Crippen molar-refractivity contribution < 1.29 is 34.5 Å². The molecule has 0 fully saturated rings. The van der Waals surface area contributed by atoms with Gasteiger partial charge in [0.15, 0.2) is 0 Å². The van der Waals surface area contributed by atoms with Crippen LogP contribution in [0.2, 0.25) is 0 Å². The Kier molecular flexibility index (Phi) is 22.1. The van der Waals surface area contributed by atoms with Crippen LogP contribution in [0.1, 0.15) is 44.9 Å². The van der Waals surface area contributed by atoms with Crippen LogP contribution < -0.4 is 34.4 Å². The Balaban J connectivity index is -0.000000350. The maximum Gasteiger partial charge on any atom is 0.320 e. The second-order valence-electron chi connectivity index (χ2n) is 6.05. The molecule has 29 heavy (non-hydrogen) atoms. The molecule has 0 bridgehead atoms. The van der Waals surface area contributed by atoms with Crippen LogP contribution in [-0.2, 0) is 19.2 Å². The van der Waals surface area contributed by atoms with E-state index in [9.17, 15) is 19.2 Å². The fraction of sp³-hybridized carbons (Fsp3) is 0.750. The van der Waals surface area contributed by atoms with Crippen molar-refractivity contribution in [1.82, 2.24) is 0 Å². The number of hydrogen-bond acceptors (Lipinski definition) is 9. The van der Waals surface area contributed by atoms with Crippen LogP contribution in [0, 0.1) is 0 Å². The summed E-state index contributed by atoms with van der Waals surface area (Å²) in [6.07, 6.45) is 3.43. The van der Waals surface area contributed by atoms with Crippen molar-refractivity contribution >= 4 is 23.8 Å². The van der Waals surface area contributed by atoms with Crippen LogP contribution in [-0.4, -0.2) is 70.3 Å². The number of carboxylic acids is 3. The summed E-state index contributed by atoms with van der Waals surface area (Å²) >= 11 is 0. The lowest BCUT2D eigenvalue weighted by atomic mass is 10.1. The molecule has 0 saturated carbocycles. The third-order valence-electron chi connectivity index (χ3n) is 3.34. The van der Waals surface area contributed by atoms with Gasteiger partial charge in [-0.3, -0.25) is 19.2 Å². The number of carbonyl (C=O) groups is 4. The predicted molar refractivity (Wildman–Crippen MR) is 106 cm³/mol. The van der Waals surface area contributed by atoms with Crippen LogP contribution >= 0.6 is 0 Å². The van der Waals surface area contributed by atoms with Crippen molar-refractivity contribution in [2.75, 3.05) is 13.1 Å². The monoisotopic (exact) mass is 424 g/mol. The maximum absolute atomic E-state index is 10.1. The molecule has 0 spiro atoms. The summed E-state index contributed by atoms with van der Waals surface area (Å²) in [4.78, 5) is 40.3. The average Bonchev–Trinajstić information content (AvgIpc) is 2.64. The van der Waals surface area contributed by atoms with Crippen LogP contribution in [0.4, 0.5) is 0 Å². The number of amides is 1. The number of carbonyl (C=O) groups excluding carboxylic acids is 1. The normalized spacial score (nSPS) is 12.9. The molecule has 0 aromatic carbocycles. The van der Waals surface area contributed by atoms with E-state index in [0.29, 0.717) is 32.4 Å². The standard InChI is InChI=1S/C6H14N2O2.C5H10N2O3.C5H12N2O2/c7-4-2-1-3-5(8)6(9)10;6-3(5(9)10)1-2-4(7)8;6-3-1-2-4(7)5(8)9/h5H,1-4,7-8H2,(H,9,10);3H,1-2,6H2,(H2,7,8)(H,9,10);4H,1-3,6-7H2,(H,8,9)/t5-;3-;4-/m000/s1. The number of unbranched alkanes of at least 4 members (excludes halogenated alkanes) is 1. The molecule has 0 rings (SSSR count). The number of rotatable bonds is 13. The Hall–Kier alpha value is -2.32. The van der Waals surface area contributed by atoms with Gasteiger partial charge >= 0.3 is 17.9 Å². The van der Waals surface area contributed by atoms with E-state index < -0.39 is 41.9 Å². The first-order valence-electron chi connectivity index (χ1n) is 9.04. The SMILES string of the molecule is NC(=O)CC[C@H](N)C(=O)O.NCCCC[C@H](N)C(=O)O.NCCC[C@H](N)C(=O)O. The van der Waals surface area contributed by atoms with E-state index in [1.165, 1.54) is 0 Å². The Morgan fingerprint density at radius 2 is 0.966 bits per heavy atom. The molecule has 0 aliphatic carbocycles. The van der Waals surface area contributed by atoms with E-state index in [2.05, 4.69) is 0 Å².